The van der Waals surface area contributed by atoms with Crippen molar-refractivity contribution in [3.8, 4) is 5.88 Å². The Hall–Kier alpha value is -2.06. The number of hydrogen-bond acceptors (Lipinski definition) is 7. The number of rotatable bonds is 6. The molecule has 0 saturated carbocycles. The van der Waals surface area contributed by atoms with Gasteiger partial charge in [-0.15, -0.1) is 0 Å². The summed E-state index contributed by atoms with van der Waals surface area (Å²) in [7, 11) is 1.62. The van der Waals surface area contributed by atoms with Crippen molar-refractivity contribution in [2.24, 2.45) is 0 Å². The van der Waals surface area contributed by atoms with E-state index in [1.807, 2.05) is 17.6 Å². The van der Waals surface area contributed by atoms with Crippen molar-refractivity contribution in [3.05, 3.63) is 6.07 Å². The SMILES string of the molecule is CCCN1CC(C)(O)Cn2c1nc1c(N)nc(OCCOC)cc12. The fourth-order valence-electron chi connectivity index (χ4n) is 3.13. The van der Waals surface area contributed by atoms with Crippen LogP contribution in [0.5, 0.6) is 5.88 Å². The number of β-amino-alcohol motifs (C(OH)–C–C–N with tert-alkyl or cyclic N) is 1. The molecule has 0 radical (unpaired) electrons. The highest BCUT2D eigenvalue weighted by atomic mass is 16.5. The fraction of sp³-hybridized carbons (Fsp3) is 0.625. The normalized spacial score (nSPS) is 20.4. The highest BCUT2D eigenvalue weighted by molar-refractivity contribution is 5.88. The maximum Gasteiger partial charge on any atom is 0.217 e. The van der Waals surface area contributed by atoms with Gasteiger partial charge >= 0.3 is 0 Å². The molecule has 0 bridgehead atoms. The molecule has 0 amide bonds. The van der Waals surface area contributed by atoms with Gasteiger partial charge in [-0.2, -0.15) is 4.98 Å². The molecule has 2 aromatic heterocycles. The van der Waals surface area contributed by atoms with Crippen LogP contribution in [0.15, 0.2) is 6.07 Å². The molecule has 1 aliphatic heterocycles. The smallest absolute Gasteiger partial charge is 0.217 e. The minimum absolute atomic E-state index is 0.331. The maximum atomic E-state index is 10.6. The van der Waals surface area contributed by atoms with E-state index in [9.17, 15) is 5.11 Å². The minimum atomic E-state index is -0.828. The summed E-state index contributed by atoms with van der Waals surface area (Å²) in [6, 6.07) is 1.82. The first-order valence-electron chi connectivity index (χ1n) is 8.21. The summed E-state index contributed by atoms with van der Waals surface area (Å²) in [6.07, 6.45) is 0.971. The summed E-state index contributed by atoms with van der Waals surface area (Å²) >= 11 is 0. The van der Waals surface area contributed by atoms with Gasteiger partial charge in [0.05, 0.1) is 30.8 Å². The summed E-state index contributed by atoms with van der Waals surface area (Å²) in [4.78, 5) is 11.0. The quantitative estimate of drug-likeness (QED) is 0.760. The third-order valence-electron chi connectivity index (χ3n) is 4.06. The molecule has 3 heterocycles. The number of hydrogen-bond donors (Lipinski definition) is 2. The molecule has 3 N–H and O–H groups in total. The Bertz CT molecular complexity index is 728. The molecular weight excluding hydrogens is 310 g/mol. The van der Waals surface area contributed by atoms with Crippen LogP contribution in [-0.2, 0) is 11.3 Å². The van der Waals surface area contributed by atoms with Crippen LogP contribution in [0.2, 0.25) is 0 Å². The van der Waals surface area contributed by atoms with Crippen molar-refractivity contribution < 1.29 is 14.6 Å². The second kappa shape index (κ2) is 6.45. The van der Waals surface area contributed by atoms with Crippen LogP contribution < -0.4 is 15.4 Å². The Morgan fingerprint density at radius 1 is 1.33 bits per heavy atom. The largest absolute Gasteiger partial charge is 0.475 e. The second-order valence-electron chi connectivity index (χ2n) is 6.47. The molecule has 132 valence electrons. The van der Waals surface area contributed by atoms with E-state index in [-0.39, 0.29) is 0 Å². The first kappa shape index (κ1) is 16.8. The Labute approximate surface area is 141 Å². The summed E-state index contributed by atoms with van der Waals surface area (Å²) in [5, 5.41) is 10.6. The van der Waals surface area contributed by atoms with Crippen molar-refractivity contribution in [2.45, 2.75) is 32.4 Å². The lowest BCUT2D eigenvalue weighted by atomic mass is 10.0. The highest BCUT2D eigenvalue weighted by Crippen LogP contribution is 2.33. The molecule has 1 atom stereocenters. The number of anilines is 2. The molecule has 24 heavy (non-hydrogen) atoms. The zero-order chi connectivity index (χ0) is 17.3. The first-order chi connectivity index (χ1) is 11.4. The number of ether oxygens (including phenoxy) is 2. The van der Waals surface area contributed by atoms with E-state index in [0.717, 1.165) is 24.4 Å². The standard InChI is InChI=1S/C16H25N5O3/c1-4-5-20-9-16(2,22)10-21-11-8-12(24-7-6-23-3)18-14(17)13(11)19-15(20)21/h8,22H,4-7,9-10H2,1-3H3,(H2,17,18). The highest BCUT2D eigenvalue weighted by Gasteiger charge is 2.34. The van der Waals surface area contributed by atoms with Gasteiger partial charge in [-0.25, -0.2) is 4.98 Å². The van der Waals surface area contributed by atoms with Gasteiger partial charge in [0, 0.05) is 19.7 Å². The average Bonchev–Trinajstić information content (AvgIpc) is 2.86. The number of aliphatic hydroxyl groups is 1. The van der Waals surface area contributed by atoms with E-state index in [4.69, 9.17) is 15.2 Å². The summed E-state index contributed by atoms with van der Waals surface area (Å²) in [6.45, 7) is 6.65. The average molecular weight is 335 g/mol. The second-order valence-corrected chi connectivity index (χ2v) is 6.47. The predicted molar refractivity (Wildman–Crippen MR) is 92.4 cm³/mol. The van der Waals surface area contributed by atoms with Crippen molar-refractivity contribution in [2.75, 3.05) is 44.0 Å². The molecule has 3 rings (SSSR count). The lowest BCUT2D eigenvalue weighted by Crippen LogP contribution is -2.49. The van der Waals surface area contributed by atoms with Gasteiger partial charge in [0.25, 0.3) is 0 Å². The van der Waals surface area contributed by atoms with E-state index in [1.165, 1.54) is 0 Å². The van der Waals surface area contributed by atoms with Crippen molar-refractivity contribution >= 4 is 22.8 Å². The van der Waals surface area contributed by atoms with E-state index in [0.29, 0.717) is 43.5 Å². The Morgan fingerprint density at radius 3 is 2.83 bits per heavy atom. The molecule has 2 aromatic rings. The molecule has 1 unspecified atom stereocenters. The van der Waals surface area contributed by atoms with E-state index >= 15 is 0 Å². The molecule has 0 spiro atoms. The molecule has 0 saturated heterocycles. The number of nitrogen functional groups attached to an aromatic ring is 1. The fourth-order valence-corrected chi connectivity index (χ4v) is 3.13. The summed E-state index contributed by atoms with van der Waals surface area (Å²) in [5.74, 6) is 1.59. The van der Waals surface area contributed by atoms with Gasteiger partial charge < -0.3 is 29.8 Å². The van der Waals surface area contributed by atoms with Crippen LogP contribution in [0.4, 0.5) is 11.8 Å². The maximum absolute atomic E-state index is 10.6. The molecule has 0 aliphatic carbocycles. The molecule has 1 aliphatic rings. The van der Waals surface area contributed by atoms with Gasteiger partial charge in [0.2, 0.25) is 11.8 Å². The van der Waals surface area contributed by atoms with Crippen LogP contribution in [0.25, 0.3) is 11.0 Å². The van der Waals surface area contributed by atoms with E-state index in [1.54, 1.807) is 7.11 Å². The van der Waals surface area contributed by atoms with Crippen molar-refractivity contribution in [1.82, 2.24) is 14.5 Å². The number of pyridine rings is 1. The third-order valence-corrected chi connectivity index (χ3v) is 4.06. The minimum Gasteiger partial charge on any atom is -0.475 e. The van der Waals surface area contributed by atoms with Gasteiger partial charge in [0.15, 0.2) is 5.82 Å². The monoisotopic (exact) mass is 335 g/mol. The topological polar surface area (TPSA) is 98.7 Å². The van der Waals surface area contributed by atoms with Crippen molar-refractivity contribution in [1.29, 1.82) is 0 Å². The number of aromatic nitrogens is 3. The molecule has 0 aromatic carbocycles. The Balaban J connectivity index is 2.04. The number of nitrogens with zero attached hydrogens (tertiary/aromatic N) is 4. The first-order valence-corrected chi connectivity index (χ1v) is 8.21. The van der Waals surface area contributed by atoms with Crippen LogP contribution in [-0.4, -0.2) is 58.7 Å². The zero-order valence-corrected chi connectivity index (χ0v) is 14.4. The molecule has 8 heteroatoms. The number of fused-ring (bicyclic) bond motifs is 3. The number of imidazole rings is 1. The van der Waals surface area contributed by atoms with E-state index < -0.39 is 5.60 Å². The van der Waals surface area contributed by atoms with Crippen LogP contribution >= 0.6 is 0 Å². The number of nitrogens with two attached hydrogens (primary N) is 1. The third kappa shape index (κ3) is 3.11. The molecular formula is C16H25N5O3. The number of methoxy groups -OCH3 is 1. The lowest BCUT2D eigenvalue weighted by Gasteiger charge is -2.38. The summed E-state index contributed by atoms with van der Waals surface area (Å²) < 4.78 is 12.6. The Kier molecular flexibility index (Phi) is 4.51. The van der Waals surface area contributed by atoms with Gasteiger partial charge in [-0.3, -0.25) is 0 Å². The van der Waals surface area contributed by atoms with Gasteiger partial charge in [-0.05, 0) is 13.3 Å². The summed E-state index contributed by atoms with van der Waals surface area (Å²) in [5.41, 5.74) is 6.72. The lowest BCUT2D eigenvalue weighted by molar-refractivity contribution is 0.0416. The predicted octanol–water partition coefficient (Wildman–Crippen LogP) is 1.02. The molecule has 0 fully saturated rings. The van der Waals surface area contributed by atoms with Crippen LogP contribution in [0, 0.1) is 0 Å². The zero-order valence-electron chi connectivity index (χ0n) is 14.4. The van der Waals surface area contributed by atoms with Crippen molar-refractivity contribution in [3.63, 3.8) is 0 Å². The van der Waals surface area contributed by atoms with Gasteiger partial charge in [0.1, 0.15) is 12.1 Å². The van der Waals surface area contributed by atoms with E-state index in [2.05, 4.69) is 21.8 Å². The van der Waals surface area contributed by atoms with Crippen LogP contribution in [0.3, 0.4) is 0 Å². The molecule has 8 nitrogen and oxygen atoms in total. The van der Waals surface area contributed by atoms with Gasteiger partial charge in [-0.1, -0.05) is 6.92 Å². The Morgan fingerprint density at radius 2 is 2.12 bits per heavy atom. The van der Waals surface area contributed by atoms with Crippen LogP contribution in [0.1, 0.15) is 20.3 Å².